The van der Waals surface area contributed by atoms with E-state index in [9.17, 15) is 14.4 Å². The van der Waals surface area contributed by atoms with E-state index < -0.39 is 23.8 Å². The summed E-state index contributed by atoms with van der Waals surface area (Å²) in [5.74, 6) is -2.08. The first-order valence-electron chi connectivity index (χ1n) is 4.99. The SMILES string of the molecule is CC1C(C(=O)O)CCN1C(=O)NCC(N)=O. The molecular weight excluding hydrogens is 214 g/mol. The molecule has 1 saturated heterocycles. The standard InChI is InChI=1S/C9H15N3O4/c1-5-6(8(14)15)2-3-12(5)9(16)11-4-7(10)13/h5-6H,2-4H2,1H3,(H2,10,13)(H,11,16)(H,14,15). The van der Waals surface area contributed by atoms with Gasteiger partial charge in [-0.25, -0.2) is 4.79 Å². The van der Waals surface area contributed by atoms with Crippen LogP contribution < -0.4 is 11.1 Å². The van der Waals surface area contributed by atoms with Gasteiger partial charge in [0, 0.05) is 12.6 Å². The van der Waals surface area contributed by atoms with Crippen molar-refractivity contribution in [3.8, 4) is 0 Å². The van der Waals surface area contributed by atoms with Gasteiger partial charge in [0.1, 0.15) is 0 Å². The number of nitrogens with one attached hydrogen (secondary N) is 1. The van der Waals surface area contributed by atoms with Crippen molar-refractivity contribution in [2.45, 2.75) is 19.4 Å². The monoisotopic (exact) mass is 229 g/mol. The number of nitrogens with zero attached hydrogens (tertiary/aromatic N) is 1. The zero-order chi connectivity index (χ0) is 12.3. The number of nitrogens with two attached hydrogens (primary N) is 1. The molecule has 4 N–H and O–H groups in total. The van der Waals surface area contributed by atoms with E-state index in [0.717, 1.165) is 0 Å². The maximum Gasteiger partial charge on any atom is 0.318 e. The Morgan fingerprint density at radius 1 is 1.50 bits per heavy atom. The number of aliphatic carboxylic acids is 1. The van der Waals surface area contributed by atoms with Crippen LogP contribution in [0.2, 0.25) is 0 Å². The van der Waals surface area contributed by atoms with Gasteiger partial charge in [0.2, 0.25) is 5.91 Å². The normalized spacial score (nSPS) is 24.2. The van der Waals surface area contributed by atoms with Crippen molar-refractivity contribution < 1.29 is 19.5 Å². The minimum Gasteiger partial charge on any atom is -0.481 e. The Hall–Kier alpha value is -1.79. The Bertz CT molecular complexity index is 318. The van der Waals surface area contributed by atoms with Gasteiger partial charge in [-0.2, -0.15) is 0 Å². The quantitative estimate of drug-likeness (QED) is 0.574. The smallest absolute Gasteiger partial charge is 0.318 e. The molecule has 0 aromatic rings. The van der Waals surface area contributed by atoms with Gasteiger partial charge in [0.15, 0.2) is 0 Å². The minimum absolute atomic E-state index is 0.236. The van der Waals surface area contributed by atoms with Crippen LogP contribution in [0.1, 0.15) is 13.3 Å². The number of carboxylic acids is 1. The highest BCUT2D eigenvalue weighted by Gasteiger charge is 2.37. The predicted octanol–water partition coefficient (Wildman–Crippen LogP) is -1.02. The average molecular weight is 229 g/mol. The fourth-order valence-electron chi connectivity index (χ4n) is 1.82. The Labute approximate surface area is 92.6 Å². The van der Waals surface area contributed by atoms with Crippen LogP contribution in [0.3, 0.4) is 0 Å². The second-order valence-corrected chi connectivity index (χ2v) is 3.79. The molecule has 0 radical (unpaired) electrons. The summed E-state index contributed by atoms with van der Waals surface area (Å²) < 4.78 is 0. The molecule has 7 heteroatoms. The predicted molar refractivity (Wildman–Crippen MR) is 54.5 cm³/mol. The zero-order valence-electron chi connectivity index (χ0n) is 8.97. The van der Waals surface area contributed by atoms with E-state index in [1.807, 2.05) is 0 Å². The van der Waals surface area contributed by atoms with E-state index in [-0.39, 0.29) is 12.6 Å². The maximum atomic E-state index is 11.5. The first-order valence-corrected chi connectivity index (χ1v) is 4.99. The molecule has 0 bridgehead atoms. The molecule has 1 fully saturated rings. The Morgan fingerprint density at radius 3 is 2.56 bits per heavy atom. The van der Waals surface area contributed by atoms with E-state index >= 15 is 0 Å². The van der Waals surface area contributed by atoms with Crippen molar-refractivity contribution in [2.75, 3.05) is 13.1 Å². The zero-order valence-corrected chi connectivity index (χ0v) is 8.97. The van der Waals surface area contributed by atoms with E-state index in [1.165, 1.54) is 4.90 Å². The van der Waals surface area contributed by atoms with Gasteiger partial charge in [0.25, 0.3) is 0 Å². The van der Waals surface area contributed by atoms with Crippen LogP contribution in [0.4, 0.5) is 4.79 Å². The maximum absolute atomic E-state index is 11.5. The van der Waals surface area contributed by atoms with Crippen LogP contribution in [0.5, 0.6) is 0 Å². The average Bonchev–Trinajstić information content (AvgIpc) is 2.56. The summed E-state index contributed by atoms with van der Waals surface area (Å²) in [5, 5.41) is 11.2. The van der Waals surface area contributed by atoms with Crippen LogP contribution in [0, 0.1) is 5.92 Å². The number of carbonyl (C=O) groups excluding carboxylic acids is 2. The van der Waals surface area contributed by atoms with Gasteiger partial charge < -0.3 is 21.1 Å². The molecule has 1 heterocycles. The summed E-state index contributed by atoms with van der Waals surface area (Å²) in [5.41, 5.74) is 4.88. The lowest BCUT2D eigenvalue weighted by Gasteiger charge is -2.23. The summed E-state index contributed by atoms with van der Waals surface area (Å²) in [6, 6.07) is -0.819. The fourth-order valence-corrected chi connectivity index (χ4v) is 1.82. The molecule has 0 aromatic heterocycles. The van der Waals surface area contributed by atoms with E-state index in [4.69, 9.17) is 10.8 Å². The summed E-state index contributed by atoms with van der Waals surface area (Å²) in [6.45, 7) is 1.82. The first-order chi connectivity index (χ1) is 7.43. The number of amides is 3. The van der Waals surface area contributed by atoms with E-state index in [0.29, 0.717) is 13.0 Å². The topological polar surface area (TPSA) is 113 Å². The van der Waals surface area contributed by atoms with Gasteiger partial charge in [-0.15, -0.1) is 0 Å². The molecular formula is C9H15N3O4. The molecule has 7 nitrogen and oxygen atoms in total. The van der Waals surface area contributed by atoms with Gasteiger partial charge >= 0.3 is 12.0 Å². The Balaban J connectivity index is 2.53. The van der Waals surface area contributed by atoms with Gasteiger partial charge in [0.05, 0.1) is 12.5 Å². The molecule has 0 saturated carbocycles. The van der Waals surface area contributed by atoms with Crippen LogP contribution in [0.15, 0.2) is 0 Å². The molecule has 1 aliphatic rings. The number of rotatable bonds is 3. The first kappa shape index (κ1) is 12.3. The number of hydrogen-bond acceptors (Lipinski definition) is 3. The highest BCUT2D eigenvalue weighted by molar-refractivity contribution is 5.83. The summed E-state index contributed by atoms with van der Waals surface area (Å²) >= 11 is 0. The lowest BCUT2D eigenvalue weighted by molar-refractivity contribution is -0.142. The van der Waals surface area contributed by atoms with Crippen LogP contribution >= 0.6 is 0 Å². The number of likely N-dealkylation sites (tertiary alicyclic amines) is 1. The molecule has 0 spiro atoms. The molecule has 90 valence electrons. The number of urea groups is 1. The van der Waals surface area contributed by atoms with Gasteiger partial charge in [-0.1, -0.05) is 0 Å². The Kier molecular flexibility index (Phi) is 3.70. The molecule has 2 unspecified atom stereocenters. The highest BCUT2D eigenvalue weighted by Crippen LogP contribution is 2.23. The molecule has 16 heavy (non-hydrogen) atoms. The van der Waals surface area contributed by atoms with Crippen molar-refractivity contribution in [3.05, 3.63) is 0 Å². The van der Waals surface area contributed by atoms with Gasteiger partial charge in [-0.05, 0) is 13.3 Å². The Morgan fingerprint density at radius 2 is 2.12 bits per heavy atom. The van der Waals surface area contributed by atoms with Crippen LogP contribution in [-0.2, 0) is 9.59 Å². The third-order valence-corrected chi connectivity index (χ3v) is 2.75. The van der Waals surface area contributed by atoms with Crippen molar-refractivity contribution in [1.29, 1.82) is 0 Å². The molecule has 0 aromatic carbocycles. The second-order valence-electron chi connectivity index (χ2n) is 3.79. The summed E-state index contributed by atoms with van der Waals surface area (Å²) in [4.78, 5) is 34.2. The molecule has 3 amide bonds. The lowest BCUT2D eigenvalue weighted by Crippen LogP contribution is -2.46. The summed E-state index contributed by atoms with van der Waals surface area (Å²) in [6.07, 6.45) is 0.431. The molecule has 2 atom stereocenters. The summed E-state index contributed by atoms with van der Waals surface area (Å²) in [7, 11) is 0. The third kappa shape index (κ3) is 2.62. The molecule has 1 rings (SSSR count). The van der Waals surface area contributed by atoms with Crippen molar-refractivity contribution >= 4 is 17.9 Å². The van der Waals surface area contributed by atoms with Crippen molar-refractivity contribution in [3.63, 3.8) is 0 Å². The highest BCUT2D eigenvalue weighted by atomic mass is 16.4. The molecule has 1 aliphatic heterocycles. The van der Waals surface area contributed by atoms with Crippen molar-refractivity contribution in [2.24, 2.45) is 11.7 Å². The number of primary amides is 1. The second kappa shape index (κ2) is 4.82. The fraction of sp³-hybridized carbons (Fsp3) is 0.667. The van der Waals surface area contributed by atoms with Crippen LogP contribution in [-0.4, -0.2) is 47.0 Å². The number of hydrogen-bond donors (Lipinski definition) is 3. The third-order valence-electron chi connectivity index (χ3n) is 2.75. The number of carbonyl (C=O) groups is 3. The largest absolute Gasteiger partial charge is 0.481 e. The number of carboxylic acid groups (broad SMARTS) is 1. The van der Waals surface area contributed by atoms with Crippen LogP contribution in [0.25, 0.3) is 0 Å². The minimum atomic E-state index is -0.905. The lowest BCUT2D eigenvalue weighted by atomic mass is 10.0. The van der Waals surface area contributed by atoms with E-state index in [2.05, 4.69) is 5.32 Å². The van der Waals surface area contributed by atoms with Gasteiger partial charge in [-0.3, -0.25) is 9.59 Å². The molecule has 0 aliphatic carbocycles. The van der Waals surface area contributed by atoms with E-state index in [1.54, 1.807) is 6.92 Å². The van der Waals surface area contributed by atoms with Crippen molar-refractivity contribution in [1.82, 2.24) is 10.2 Å².